The molecular weight excluding hydrogens is 441 g/mol. The Morgan fingerprint density at radius 2 is 1.81 bits per heavy atom. The van der Waals surface area contributed by atoms with Gasteiger partial charge >= 0.3 is 0 Å². The van der Waals surface area contributed by atoms with Crippen molar-refractivity contribution in [3.63, 3.8) is 0 Å². The zero-order chi connectivity index (χ0) is 22.4. The van der Waals surface area contributed by atoms with E-state index in [1.165, 1.54) is 62.3 Å². The van der Waals surface area contributed by atoms with Gasteiger partial charge in [0.05, 0.1) is 17.6 Å². The third kappa shape index (κ3) is 5.67. The summed E-state index contributed by atoms with van der Waals surface area (Å²) in [5.74, 6) is -0.157. The third-order valence-corrected chi connectivity index (χ3v) is 7.08. The van der Waals surface area contributed by atoms with E-state index in [9.17, 15) is 17.6 Å². The number of hydrogen-bond acceptors (Lipinski definition) is 6. The monoisotopic (exact) mass is 461 g/mol. The molecule has 1 N–H and O–H groups in total. The maximum Gasteiger partial charge on any atom is 0.264 e. The topological polar surface area (TPSA) is 88.6 Å². The minimum absolute atomic E-state index is 0.0340. The molecular formula is C21H20FN3O4S2. The number of aromatic nitrogens is 1. The molecule has 0 unspecified atom stereocenters. The molecule has 0 saturated heterocycles. The molecule has 1 heterocycles. The van der Waals surface area contributed by atoms with Crippen molar-refractivity contribution in [1.82, 2.24) is 9.45 Å². The van der Waals surface area contributed by atoms with Crippen LogP contribution in [0.2, 0.25) is 0 Å². The SMILES string of the molecule is CON(C)S(=O)(=O)c1ccc(NC(=O)c2cccnc2SCc2ccc(F)cc2)cc1. The molecule has 10 heteroatoms. The van der Waals surface area contributed by atoms with Gasteiger partial charge in [0.15, 0.2) is 0 Å². The molecule has 162 valence electrons. The van der Waals surface area contributed by atoms with Crippen molar-refractivity contribution in [2.24, 2.45) is 0 Å². The van der Waals surface area contributed by atoms with Gasteiger partial charge in [0.1, 0.15) is 10.8 Å². The average molecular weight is 462 g/mol. The number of carbonyl (C=O) groups is 1. The quantitative estimate of drug-likeness (QED) is 0.404. The van der Waals surface area contributed by atoms with Crippen LogP contribution in [0.15, 0.2) is 76.8 Å². The second-order valence-corrected chi connectivity index (χ2v) is 9.25. The number of rotatable bonds is 8. The molecule has 0 radical (unpaired) electrons. The Hall–Kier alpha value is -2.79. The molecule has 0 atom stereocenters. The maximum absolute atomic E-state index is 13.1. The molecule has 0 fully saturated rings. The lowest BCUT2D eigenvalue weighted by atomic mass is 10.2. The standard InChI is InChI=1S/C21H20FN3O4S2/c1-25(29-2)31(27,28)18-11-9-17(10-12-18)24-20(26)19-4-3-13-23-21(19)30-14-15-5-7-16(22)8-6-15/h3-13H,14H2,1-2H3,(H,24,26). The normalized spacial score (nSPS) is 11.5. The van der Waals surface area contributed by atoms with Crippen LogP contribution in [0.25, 0.3) is 0 Å². The molecule has 0 bridgehead atoms. The Balaban J connectivity index is 1.71. The van der Waals surface area contributed by atoms with Crippen LogP contribution < -0.4 is 5.32 Å². The average Bonchev–Trinajstić information content (AvgIpc) is 2.78. The van der Waals surface area contributed by atoms with Gasteiger partial charge in [-0.15, -0.1) is 11.8 Å². The summed E-state index contributed by atoms with van der Waals surface area (Å²) in [6.45, 7) is 0. The van der Waals surface area contributed by atoms with E-state index in [1.807, 2.05) is 0 Å². The van der Waals surface area contributed by atoms with E-state index in [4.69, 9.17) is 4.84 Å². The lowest BCUT2D eigenvalue weighted by molar-refractivity contribution is -0.0258. The highest BCUT2D eigenvalue weighted by atomic mass is 32.2. The number of thioether (sulfide) groups is 1. The predicted octanol–water partition coefficient (Wildman–Crippen LogP) is 3.95. The number of hydrogen-bond donors (Lipinski definition) is 1. The molecule has 1 aromatic heterocycles. The van der Waals surface area contributed by atoms with E-state index in [-0.39, 0.29) is 16.6 Å². The number of nitrogens with zero attached hydrogens (tertiary/aromatic N) is 2. The van der Waals surface area contributed by atoms with E-state index in [1.54, 1.807) is 30.5 Å². The van der Waals surface area contributed by atoms with E-state index < -0.39 is 10.0 Å². The summed E-state index contributed by atoms with van der Waals surface area (Å²) in [6, 6.07) is 15.2. The second kappa shape index (κ2) is 10.0. The van der Waals surface area contributed by atoms with Crippen LogP contribution in [-0.4, -0.2) is 37.9 Å². The lowest BCUT2D eigenvalue weighted by Gasteiger charge is -2.14. The van der Waals surface area contributed by atoms with Crippen LogP contribution in [0.1, 0.15) is 15.9 Å². The Labute approximate surface area is 184 Å². The van der Waals surface area contributed by atoms with Crippen LogP contribution in [0.5, 0.6) is 0 Å². The predicted molar refractivity (Wildman–Crippen MR) is 117 cm³/mol. The van der Waals surface area contributed by atoms with E-state index in [0.29, 0.717) is 22.0 Å². The van der Waals surface area contributed by atoms with Gasteiger partial charge in [-0.3, -0.25) is 9.63 Å². The number of amides is 1. The third-order valence-electron chi connectivity index (χ3n) is 4.31. The summed E-state index contributed by atoms with van der Waals surface area (Å²) in [4.78, 5) is 21.8. The Kier molecular flexibility index (Phi) is 7.39. The summed E-state index contributed by atoms with van der Waals surface area (Å²) in [5, 5.41) is 3.28. The van der Waals surface area contributed by atoms with Gasteiger partial charge in [0, 0.05) is 24.7 Å². The number of halogens is 1. The van der Waals surface area contributed by atoms with Crippen molar-refractivity contribution in [1.29, 1.82) is 0 Å². The number of nitrogens with one attached hydrogen (secondary N) is 1. The first-order valence-corrected chi connectivity index (χ1v) is 11.5. The fourth-order valence-electron chi connectivity index (χ4n) is 2.57. The molecule has 2 aromatic carbocycles. The molecule has 0 aliphatic rings. The van der Waals surface area contributed by atoms with Gasteiger partial charge in [-0.25, -0.2) is 17.8 Å². The molecule has 0 spiro atoms. The van der Waals surface area contributed by atoms with Crippen molar-refractivity contribution in [3.05, 3.63) is 83.8 Å². The molecule has 3 aromatic rings. The van der Waals surface area contributed by atoms with Crippen LogP contribution >= 0.6 is 11.8 Å². The van der Waals surface area contributed by atoms with Gasteiger partial charge in [0.2, 0.25) is 0 Å². The Morgan fingerprint density at radius 1 is 1.13 bits per heavy atom. The van der Waals surface area contributed by atoms with Crippen LogP contribution in [0.3, 0.4) is 0 Å². The summed E-state index contributed by atoms with van der Waals surface area (Å²) < 4.78 is 38.3. The zero-order valence-electron chi connectivity index (χ0n) is 16.8. The minimum atomic E-state index is -3.77. The molecule has 0 aliphatic heterocycles. The van der Waals surface area contributed by atoms with E-state index >= 15 is 0 Å². The molecule has 0 saturated carbocycles. The second-order valence-electron chi connectivity index (χ2n) is 6.35. The van der Waals surface area contributed by atoms with Gasteiger partial charge in [-0.05, 0) is 54.1 Å². The fraction of sp³-hybridized carbons (Fsp3) is 0.143. The van der Waals surface area contributed by atoms with Gasteiger partial charge < -0.3 is 5.32 Å². The number of carbonyl (C=O) groups excluding carboxylic acids is 1. The van der Waals surface area contributed by atoms with E-state index in [2.05, 4.69) is 10.3 Å². The van der Waals surface area contributed by atoms with Crippen LogP contribution in [0.4, 0.5) is 10.1 Å². The van der Waals surface area contributed by atoms with Crippen LogP contribution in [-0.2, 0) is 20.6 Å². The zero-order valence-corrected chi connectivity index (χ0v) is 18.4. The maximum atomic E-state index is 13.1. The van der Waals surface area contributed by atoms with Crippen molar-refractivity contribution in [2.75, 3.05) is 19.5 Å². The first kappa shape index (κ1) is 22.9. The molecule has 7 nitrogen and oxygen atoms in total. The number of hydroxylamine groups is 1. The Morgan fingerprint density at radius 3 is 2.45 bits per heavy atom. The molecule has 1 amide bonds. The highest BCUT2D eigenvalue weighted by molar-refractivity contribution is 7.98. The summed E-state index contributed by atoms with van der Waals surface area (Å²) in [7, 11) is -1.22. The van der Waals surface area contributed by atoms with Gasteiger partial charge in [-0.1, -0.05) is 16.6 Å². The highest BCUT2D eigenvalue weighted by Gasteiger charge is 2.21. The van der Waals surface area contributed by atoms with Crippen molar-refractivity contribution in [3.8, 4) is 0 Å². The molecule has 31 heavy (non-hydrogen) atoms. The number of anilines is 1. The first-order valence-electron chi connectivity index (χ1n) is 9.08. The van der Waals surface area contributed by atoms with Crippen molar-refractivity contribution < 1.29 is 22.4 Å². The first-order chi connectivity index (χ1) is 14.8. The highest BCUT2D eigenvalue weighted by Crippen LogP contribution is 2.25. The van der Waals surface area contributed by atoms with Gasteiger partial charge in [-0.2, -0.15) is 0 Å². The molecule has 0 aliphatic carbocycles. The summed E-state index contributed by atoms with van der Waals surface area (Å²) in [5.41, 5.74) is 1.72. The van der Waals surface area contributed by atoms with Crippen LogP contribution in [0, 0.1) is 5.82 Å². The Bertz CT molecular complexity index is 1150. The number of pyridine rings is 1. The van der Waals surface area contributed by atoms with E-state index in [0.717, 1.165) is 10.0 Å². The fourth-order valence-corrected chi connectivity index (χ4v) is 4.49. The lowest BCUT2D eigenvalue weighted by Crippen LogP contribution is -2.25. The van der Waals surface area contributed by atoms with Gasteiger partial charge in [0.25, 0.3) is 15.9 Å². The number of benzene rings is 2. The smallest absolute Gasteiger partial charge is 0.264 e. The minimum Gasteiger partial charge on any atom is -0.322 e. The van der Waals surface area contributed by atoms with Crippen molar-refractivity contribution in [2.45, 2.75) is 15.7 Å². The summed E-state index contributed by atoms with van der Waals surface area (Å²) >= 11 is 1.36. The number of sulfonamides is 1. The largest absolute Gasteiger partial charge is 0.322 e. The molecule has 3 rings (SSSR count). The van der Waals surface area contributed by atoms with Crippen molar-refractivity contribution >= 4 is 33.4 Å². The summed E-state index contributed by atoms with van der Waals surface area (Å²) in [6.07, 6.45) is 1.59.